The topological polar surface area (TPSA) is 105 Å². The molecule has 0 aliphatic carbocycles. The van der Waals surface area contributed by atoms with Gasteiger partial charge in [-0.2, -0.15) is 0 Å². The standard InChI is InChI=1S/C19H21N3O5S/c1-22(2)28(25,26)17-11-13(4-8-16(17)27-3)19(24)20-14-6-7-15-12(10-14)5-9-18(23)21-15/h4,6-8,10-11H,5,9H2,1-3H3,(H,20,24)(H,21,23). The molecule has 9 heteroatoms. The van der Waals surface area contributed by atoms with E-state index in [1.165, 1.54) is 39.4 Å². The van der Waals surface area contributed by atoms with Gasteiger partial charge in [0.15, 0.2) is 0 Å². The van der Waals surface area contributed by atoms with Crippen LogP contribution in [0.1, 0.15) is 22.3 Å². The summed E-state index contributed by atoms with van der Waals surface area (Å²) in [4.78, 5) is 24.0. The third-order valence-corrected chi connectivity index (χ3v) is 6.28. The summed E-state index contributed by atoms with van der Waals surface area (Å²) < 4.78 is 31.2. The molecule has 2 amide bonds. The van der Waals surface area contributed by atoms with Crippen LogP contribution in [0, 0.1) is 0 Å². The molecular weight excluding hydrogens is 382 g/mol. The van der Waals surface area contributed by atoms with E-state index in [9.17, 15) is 18.0 Å². The maximum atomic E-state index is 12.7. The molecule has 1 aliphatic rings. The molecule has 1 heterocycles. The van der Waals surface area contributed by atoms with Crippen molar-refractivity contribution < 1.29 is 22.7 Å². The zero-order valence-corrected chi connectivity index (χ0v) is 16.6. The Labute approximate surface area is 163 Å². The van der Waals surface area contributed by atoms with E-state index in [2.05, 4.69) is 10.6 Å². The number of ether oxygens (including phenoxy) is 1. The van der Waals surface area contributed by atoms with E-state index in [0.29, 0.717) is 18.5 Å². The first kappa shape index (κ1) is 19.8. The summed E-state index contributed by atoms with van der Waals surface area (Å²) in [5, 5.41) is 5.55. The van der Waals surface area contributed by atoms with Gasteiger partial charge in [0.2, 0.25) is 15.9 Å². The number of rotatable bonds is 5. The van der Waals surface area contributed by atoms with Gasteiger partial charge in [-0.15, -0.1) is 0 Å². The summed E-state index contributed by atoms with van der Waals surface area (Å²) in [7, 11) is 0.413. The summed E-state index contributed by atoms with van der Waals surface area (Å²) in [6.07, 6.45) is 0.993. The number of anilines is 2. The van der Waals surface area contributed by atoms with Gasteiger partial charge in [0.05, 0.1) is 7.11 Å². The van der Waals surface area contributed by atoms with E-state index < -0.39 is 15.9 Å². The first-order valence-electron chi connectivity index (χ1n) is 8.57. The Bertz CT molecular complexity index is 1050. The van der Waals surface area contributed by atoms with Crippen LogP contribution in [0.2, 0.25) is 0 Å². The van der Waals surface area contributed by atoms with E-state index in [1.54, 1.807) is 18.2 Å². The van der Waals surface area contributed by atoms with Crippen LogP contribution in [0.15, 0.2) is 41.3 Å². The number of carbonyl (C=O) groups excluding carboxylic acids is 2. The zero-order valence-electron chi connectivity index (χ0n) is 15.8. The molecule has 0 unspecified atom stereocenters. The Morgan fingerprint density at radius 3 is 2.57 bits per heavy atom. The lowest BCUT2D eigenvalue weighted by Gasteiger charge is -2.18. The second-order valence-electron chi connectivity index (χ2n) is 6.53. The van der Waals surface area contributed by atoms with Crippen molar-refractivity contribution in [2.75, 3.05) is 31.8 Å². The highest BCUT2D eigenvalue weighted by molar-refractivity contribution is 7.89. The minimum Gasteiger partial charge on any atom is -0.495 e. The number of fused-ring (bicyclic) bond motifs is 1. The molecule has 0 radical (unpaired) electrons. The van der Waals surface area contributed by atoms with Gasteiger partial charge in [0.1, 0.15) is 10.6 Å². The fraction of sp³-hybridized carbons (Fsp3) is 0.263. The summed E-state index contributed by atoms with van der Waals surface area (Å²) in [5.41, 5.74) is 2.42. The number of benzene rings is 2. The normalized spacial score (nSPS) is 13.6. The molecule has 0 fully saturated rings. The maximum Gasteiger partial charge on any atom is 0.255 e. The predicted molar refractivity (Wildman–Crippen MR) is 105 cm³/mol. The van der Waals surface area contributed by atoms with Crippen molar-refractivity contribution in [2.45, 2.75) is 17.7 Å². The summed E-state index contributed by atoms with van der Waals surface area (Å²) in [6, 6.07) is 9.46. The zero-order chi connectivity index (χ0) is 20.5. The van der Waals surface area contributed by atoms with E-state index >= 15 is 0 Å². The lowest BCUT2D eigenvalue weighted by molar-refractivity contribution is -0.116. The molecule has 0 aromatic heterocycles. The molecule has 1 aliphatic heterocycles. The smallest absolute Gasteiger partial charge is 0.255 e. The lowest BCUT2D eigenvalue weighted by atomic mass is 10.0. The van der Waals surface area contributed by atoms with Crippen molar-refractivity contribution in [3.63, 3.8) is 0 Å². The predicted octanol–water partition coefficient (Wildman–Crippen LogP) is 2.08. The summed E-state index contributed by atoms with van der Waals surface area (Å²) >= 11 is 0. The number of amides is 2. The number of hydrogen-bond acceptors (Lipinski definition) is 5. The highest BCUT2D eigenvalue weighted by atomic mass is 32.2. The molecule has 0 atom stereocenters. The molecule has 0 spiro atoms. The molecule has 0 bridgehead atoms. The minimum atomic E-state index is -3.78. The van der Waals surface area contributed by atoms with Crippen molar-refractivity contribution in [1.29, 1.82) is 0 Å². The van der Waals surface area contributed by atoms with Gasteiger partial charge in [-0.05, 0) is 48.4 Å². The van der Waals surface area contributed by atoms with Crippen LogP contribution in [-0.2, 0) is 21.2 Å². The third kappa shape index (κ3) is 3.85. The molecule has 2 N–H and O–H groups in total. The summed E-state index contributed by atoms with van der Waals surface area (Å²) in [6.45, 7) is 0. The fourth-order valence-electron chi connectivity index (χ4n) is 2.88. The van der Waals surface area contributed by atoms with E-state index in [4.69, 9.17) is 4.74 Å². The third-order valence-electron chi connectivity index (χ3n) is 4.44. The largest absolute Gasteiger partial charge is 0.495 e. The number of carbonyl (C=O) groups is 2. The Hall–Kier alpha value is -2.91. The maximum absolute atomic E-state index is 12.7. The molecule has 0 saturated carbocycles. The number of hydrogen-bond donors (Lipinski definition) is 2. The highest BCUT2D eigenvalue weighted by Crippen LogP contribution is 2.28. The van der Waals surface area contributed by atoms with Crippen molar-refractivity contribution in [2.24, 2.45) is 0 Å². The first-order chi connectivity index (χ1) is 13.2. The van der Waals surface area contributed by atoms with Crippen LogP contribution in [0.25, 0.3) is 0 Å². The first-order valence-corrected chi connectivity index (χ1v) is 10.0. The SMILES string of the molecule is COc1ccc(C(=O)Nc2ccc3c(c2)CCC(=O)N3)cc1S(=O)(=O)N(C)C. The van der Waals surface area contributed by atoms with Gasteiger partial charge in [-0.1, -0.05) is 0 Å². The van der Waals surface area contributed by atoms with Crippen molar-refractivity contribution in [3.05, 3.63) is 47.5 Å². The van der Waals surface area contributed by atoms with Gasteiger partial charge in [0.25, 0.3) is 5.91 Å². The molecule has 2 aromatic rings. The molecule has 2 aromatic carbocycles. The fourth-order valence-corrected chi connectivity index (χ4v) is 3.96. The van der Waals surface area contributed by atoms with Gasteiger partial charge < -0.3 is 15.4 Å². The average molecular weight is 403 g/mol. The van der Waals surface area contributed by atoms with Crippen molar-refractivity contribution >= 4 is 33.2 Å². The quantitative estimate of drug-likeness (QED) is 0.795. The monoisotopic (exact) mass is 403 g/mol. The Balaban J connectivity index is 1.88. The van der Waals surface area contributed by atoms with Gasteiger partial charge in [-0.25, -0.2) is 12.7 Å². The van der Waals surface area contributed by atoms with Crippen LogP contribution in [0.4, 0.5) is 11.4 Å². The molecule has 148 valence electrons. The van der Waals surface area contributed by atoms with Crippen LogP contribution >= 0.6 is 0 Å². The van der Waals surface area contributed by atoms with Crippen molar-refractivity contribution in [1.82, 2.24) is 4.31 Å². The number of nitrogens with one attached hydrogen (secondary N) is 2. The van der Waals surface area contributed by atoms with Crippen LogP contribution in [0.3, 0.4) is 0 Å². The van der Waals surface area contributed by atoms with Crippen LogP contribution in [0.5, 0.6) is 5.75 Å². The number of aryl methyl sites for hydroxylation is 1. The molecular formula is C19H21N3O5S. The van der Waals surface area contributed by atoms with Gasteiger partial charge >= 0.3 is 0 Å². The molecule has 3 rings (SSSR count). The van der Waals surface area contributed by atoms with E-state index in [0.717, 1.165) is 15.6 Å². The second kappa shape index (κ2) is 7.61. The number of methoxy groups -OCH3 is 1. The van der Waals surface area contributed by atoms with Crippen LogP contribution < -0.4 is 15.4 Å². The van der Waals surface area contributed by atoms with Crippen LogP contribution in [-0.4, -0.2) is 45.7 Å². The molecule has 8 nitrogen and oxygen atoms in total. The Morgan fingerprint density at radius 2 is 1.89 bits per heavy atom. The Morgan fingerprint density at radius 1 is 1.14 bits per heavy atom. The van der Waals surface area contributed by atoms with E-state index in [-0.39, 0.29) is 22.1 Å². The minimum absolute atomic E-state index is 0.0304. The molecule has 0 saturated heterocycles. The van der Waals surface area contributed by atoms with Crippen molar-refractivity contribution in [3.8, 4) is 5.75 Å². The summed E-state index contributed by atoms with van der Waals surface area (Å²) in [5.74, 6) is -0.315. The number of nitrogens with zero attached hydrogens (tertiary/aromatic N) is 1. The van der Waals surface area contributed by atoms with Gasteiger partial charge in [0, 0.05) is 37.5 Å². The second-order valence-corrected chi connectivity index (χ2v) is 8.65. The molecule has 28 heavy (non-hydrogen) atoms. The van der Waals surface area contributed by atoms with Gasteiger partial charge in [-0.3, -0.25) is 9.59 Å². The Kier molecular flexibility index (Phi) is 5.39. The number of sulfonamides is 1. The highest BCUT2D eigenvalue weighted by Gasteiger charge is 2.24. The van der Waals surface area contributed by atoms with E-state index in [1.807, 2.05) is 0 Å². The average Bonchev–Trinajstić information content (AvgIpc) is 2.67. The lowest BCUT2D eigenvalue weighted by Crippen LogP contribution is -2.23.